The second-order valence-corrected chi connectivity index (χ2v) is 7.60. The van der Waals surface area contributed by atoms with Crippen LogP contribution in [0.25, 0.3) is 0 Å². The minimum Gasteiger partial charge on any atom is -0.207 e. The van der Waals surface area contributed by atoms with E-state index in [2.05, 4.69) is 15.9 Å². The van der Waals surface area contributed by atoms with Crippen LogP contribution in [0.2, 0.25) is 0 Å². The number of nitrogens with zero attached hydrogens (tertiary/aromatic N) is 1. The van der Waals surface area contributed by atoms with Crippen molar-refractivity contribution >= 4 is 26.0 Å². The molecule has 1 fully saturated rings. The van der Waals surface area contributed by atoms with Crippen molar-refractivity contribution in [2.45, 2.75) is 28.2 Å². The molecule has 0 radical (unpaired) electrons. The fourth-order valence-electron chi connectivity index (χ4n) is 2.51. The Kier molecular flexibility index (Phi) is 3.37. The molecule has 0 saturated carbocycles. The Hall–Kier alpha value is -0.910. The maximum Gasteiger partial charge on any atom is 0.243 e. The van der Waals surface area contributed by atoms with Crippen LogP contribution in [0.15, 0.2) is 59.5 Å². The first kappa shape index (κ1) is 13.1. The van der Waals surface area contributed by atoms with Crippen molar-refractivity contribution in [3.8, 4) is 0 Å². The van der Waals surface area contributed by atoms with Crippen LogP contribution in [0.3, 0.4) is 0 Å². The molecule has 1 heterocycles. The monoisotopic (exact) mass is 339 g/mol. The van der Waals surface area contributed by atoms with Crippen molar-refractivity contribution in [1.29, 1.82) is 0 Å². The number of hydrogen-bond donors (Lipinski definition) is 0. The Morgan fingerprint density at radius 2 is 1.89 bits per heavy atom. The molecule has 1 aromatic carbocycles. The lowest BCUT2D eigenvalue weighted by Gasteiger charge is -2.07. The van der Waals surface area contributed by atoms with E-state index in [1.54, 1.807) is 28.6 Å². The van der Waals surface area contributed by atoms with Crippen LogP contribution >= 0.6 is 15.9 Å². The molecule has 3 rings (SSSR count). The fraction of sp³-hybridized carbons (Fsp3) is 0.286. The second-order valence-electron chi connectivity index (χ2n) is 4.70. The maximum absolute atomic E-state index is 12.6. The molecule has 19 heavy (non-hydrogen) atoms. The first-order valence-corrected chi connectivity index (χ1v) is 8.54. The number of halogens is 1. The summed E-state index contributed by atoms with van der Waals surface area (Å²) in [5.74, 6) is 0. The van der Waals surface area contributed by atoms with E-state index in [9.17, 15) is 8.42 Å². The van der Waals surface area contributed by atoms with E-state index in [1.807, 2.05) is 30.4 Å². The average molecular weight is 340 g/mol. The van der Waals surface area contributed by atoms with Crippen LogP contribution in [0.1, 0.15) is 6.42 Å². The van der Waals surface area contributed by atoms with Gasteiger partial charge in [-0.3, -0.25) is 0 Å². The largest absolute Gasteiger partial charge is 0.243 e. The van der Waals surface area contributed by atoms with E-state index in [-0.39, 0.29) is 16.9 Å². The van der Waals surface area contributed by atoms with Gasteiger partial charge in [0, 0.05) is 6.04 Å². The summed E-state index contributed by atoms with van der Waals surface area (Å²) >= 11 is 3.56. The third-order valence-electron chi connectivity index (χ3n) is 3.49. The number of rotatable bonds is 2. The number of hydrogen-bond acceptors (Lipinski definition) is 2. The van der Waals surface area contributed by atoms with Crippen molar-refractivity contribution < 1.29 is 8.42 Å². The Bertz CT molecular complexity index is 624. The van der Waals surface area contributed by atoms with Crippen LogP contribution in [-0.4, -0.2) is 29.6 Å². The van der Waals surface area contributed by atoms with Crippen LogP contribution in [0, 0.1) is 0 Å². The highest BCUT2D eigenvalue weighted by molar-refractivity contribution is 9.09. The van der Waals surface area contributed by atoms with Gasteiger partial charge in [0.1, 0.15) is 0 Å². The Morgan fingerprint density at radius 3 is 2.63 bits per heavy atom. The van der Waals surface area contributed by atoms with E-state index < -0.39 is 10.0 Å². The quantitative estimate of drug-likeness (QED) is 0.613. The zero-order valence-electron chi connectivity index (χ0n) is 10.2. The molecule has 1 aromatic rings. The smallest absolute Gasteiger partial charge is 0.207 e. The Labute approximate surface area is 121 Å². The maximum atomic E-state index is 12.6. The molecule has 0 spiro atoms. The molecule has 0 aromatic heterocycles. The third-order valence-corrected chi connectivity index (χ3v) is 6.27. The predicted molar refractivity (Wildman–Crippen MR) is 78.7 cm³/mol. The van der Waals surface area contributed by atoms with E-state index >= 15 is 0 Å². The zero-order valence-corrected chi connectivity index (χ0v) is 12.6. The summed E-state index contributed by atoms with van der Waals surface area (Å²) in [7, 11) is -3.38. The molecule has 0 bridgehead atoms. The van der Waals surface area contributed by atoms with Crippen molar-refractivity contribution in [3.05, 3.63) is 54.6 Å². The zero-order chi connectivity index (χ0) is 13.5. The number of sulfonamides is 1. The van der Waals surface area contributed by atoms with Crippen molar-refractivity contribution in [2.24, 2.45) is 0 Å². The van der Waals surface area contributed by atoms with E-state index in [0.717, 1.165) is 6.42 Å². The molecular formula is C14H14BrNO2S. The predicted octanol–water partition coefficient (Wildman–Crippen LogP) is 2.71. The molecule has 1 aliphatic carbocycles. The molecule has 2 aliphatic rings. The minimum atomic E-state index is -3.38. The van der Waals surface area contributed by atoms with Crippen LogP contribution in [0.5, 0.6) is 0 Å². The Morgan fingerprint density at radius 1 is 1.16 bits per heavy atom. The lowest BCUT2D eigenvalue weighted by atomic mass is 10.1. The van der Waals surface area contributed by atoms with Gasteiger partial charge in [-0.25, -0.2) is 8.42 Å². The van der Waals surface area contributed by atoms with Gasteiger partial charge in [0.15, 0.2) is 0 Å². The molecule has 0 amide bonds. The molecule has 1 aliphatic heterocycles. The van der Waals surface area contributed by atoms with Gasteiger partial charge >= 0.3 is 0 Å². The van der Waals surface area contributed by atoms with Crippen LogP contribution in [0.4, 0.5) is 0 Å². The van der Waals surface area contributed by atoms with E-state index in [1.165, 1.54) is 0 Å². The molecule has 3 nitrogen and oxygen atoms in total. The lowest BCUT2D eigenvalue weighted by Crippen LogP contribution is -2.18. The number of benzene rings is 1. The highest BCUT2D eigenvalue weighted by atomic mass is 79.9. The molecule has 0 N–H and O–H groups in total. The number of fused-ring (bicyclic) bond motifs is 1. The first-order valence-electron chi connectivity index (χ1n) is 6.18. The van der Waals surface area contributed by atoms with Gasteiger partial charge in [-0.05, 0) is 18.6 Å². The fourth-order valence-corrected chi connectivity index (χ4v) is 5.30. The molecule has 100 valence electrons. The highest BCUT2D eigenvalue weighted by Gasteiger charge is 2.57. The van der Waals surface area contributed by atoms with E-state index in [4.69, 9.17) is 0 Å². The van der Waals surface area contributed by atoms with Gasteiger partial charge in [0.2, 0.25) is 10.0 Å². The van der Waals surface area contributed by atoms with Crippen molar-refractivity contribution in [2.75, 3.05) is 0 Å². The highest BCUT2D eigenvalue weighted by Crippen LogP contribution is 2.43. The summed E-state index contributed by atoms with van der Waals surface area (Å²) in [5.41, 5.74) is 0. The van der Waals surface area contributed by atoms with Gasteiger partial charge in [0.05, 0.1) is 15.8 Å². The summed E-state index contributed by atoms with van der Waals surface area (Å²) in [6.07, 6.45) is 8.71. The summed E-state index contributed by atoms with van der Waals surface area (Å²) in [5, 5.41) is 0. The number of alkyl halides is 1. The van der Waals surface area contributed by atoms with Gasteiger partial charge in [-0.1, -0.05) is 58.4 Å². The van der Waals surface area contributed by atoms with Crippen LogP contribution in [-0.2, 0) is 10.0 Å². The van der Waals surface area contributed by atoms with Crippen LogP contribution < -0.4 is 0 Å². The van der Waals surface area contributed by atoms with Gasteiger partial charge in [0.25, 0.3) is 0 Å². The number of allylic oxidation sites excluding steroid dienone is 2. The normalized spacial score (nSPS) is 36.7. The molecule has 5 heteroatoms. The Balaban J connectivity index is 1.93. The van der Waals surface area contributed by atoms with Gasteiger partial charge in [-0.2, -0.15) is 4.31 Å². The lowest BCUT2D eigenvalue weighted by molar-refractivity contribution is 0.545. The van der Waals surface area contributed by atoms with Crippen molar-refractivity contribution in [3.63, 3.8) is 0 Å². The third kappa shape index (κ3) is 2.30. The molecule has 1 saturated heterocycles. The van der Waals surface area contributed by atoms with Gasteiger partial charge in [-0.15, -0.1) is 0 Å². The SMILES string of the molecule is O=S(=O)(c1ccccc1)N1[C@@H]2C/C=C\C=C/C(Br)[C@@H]21. The molecular weight excluding hydrogens is 326 g/mol. The first-order chi connectivity index (χ1) is 9.12. The van der Waals surface area contributed by atoms with Gasteiger partial charge < -0.3 is 0 Å². The summed E-state index contributed by atoms with van der Waals surface area (Å²) in [6, 6.07) is 8.71. The van der Waals surface area contributed by atoms with E-state index in [0.29, 0.717) is 4.90 Å². The second kappa shape index (κ2) is 4.89. The molecule has 2 unspecified atom stereocenters. The topological polar surface area (TPSA) is 37.1 Å². The summed E-state index contributed by atoms with van der Waals surface area (Å²) in [4.78, 5) is 0.440. The average Bonchev–Trinajstić information content (AvgIpc) is 3.11. The summed E-state index contributed by atoms with van der Waals surface area (Å²) < 4.78 is 26.8. The standard InChI is InChI=1S/C14H14BrNO2S/c15-12-9-5-2-6-10-13-14(12)16(13)19(17,18)11-7-3-1-4-8-11/h1-9,12-14H,10H2/b6-2-,9-5-/t12?,13-,14+,16?/m1/s1. The summed E-state index contributed by atoms with van der Waals surface area (Å²) in [6.45, 7) is 0. The van der Waals surface area contributed by atoms with Crippen molar-refractivity contribution in [1.82, 2.24) is 4.31 Å². The minimum absolute atomic E-state index is 0.0198. The molecule has 4 atom stereocenters.